The first-order valence-corrected chi connectivity index (χ1v) is 6.79. The highest BCUT2D eigenvalue weighted by atomic mass is 16.2. The average molecular weight is 244 g/mol. The number of amides is 1. The second-order valence-corrected chi connectivity index (χ2v) is 5.53. The summed E-state index contributed by atoms with van der Waals surface area (Å²) >= 11 is 0. The zero-order valence-corrected chi connectivity index (χ0v) is 11.1. The van der Waals surface area contributed by atoms with Crippen LogP contribution in [0.15, 0.2) is 24.3 Å². The highest BCUT2D eigenvalue weighted by Gasteiger charge is 2.37. The molecule has 0 radical (unpaired) electrons. The molecular formula is C15H20N2O. The lowest BCUT2D eigenvalue weighted by atomic mass is 10.1. The van der Waals surface area contributed by atoms with Crippen LogP contribution in [-0.4, -0.2) is 36.5 Å². The highest BCUT2D eigenvalue weighted by Crippen LogP contribution is 2.33. The molecule has 2 atom stereocenters. The fourth-order valence-corrected chi connectivity index (χ4v) is 3.28. The summed E-state index contributed by atoms with van der Waals surface area (Å²) in [5.74, 6) is 0.285. The minimum Gasteiger partial charge on any atom is -0.308 e. The van der Waals surface area contributed by atoms with Crippen molar-refractivity contribution < 1.29 is 4.79 Å². The topological polar surface area (TPSA) is 23.6 Å². The molecule has 1 aromatic rings. The smallest absolute Gasteiger partial charge is 0.244 e. The lowest BCUT2D eigenvalue weighted by molar-refractivity contribution is -0.122. The Balaban J connectivity index is 1.90. The van der Waals surface area contributed by atoms with Crippen molar-refractivity contribution in [3.63, 3.8) is 0 Å². The summed E-state index contributed by atoms with van der Waals surface area (Å²) in [5, 5.41) is 0. The van der Waals surface area contributed by atoms with E-state index in [0.29, 0.717) is 6.04 Å². The summed E-state index contributed by atoms with van der Waals surface area (Å²) in [6.45, 7) is 3.19. The van der Waals surface area contributed by atoms with E-state index in [2.05, 4.69) is 37.1 Å². The normalized spacial score (nSPS) is 27.6. The summed E-state index contributed by atoms with van der Waals surface area (Å²) in [6, 6.07) is 8.67. The summed E-state index contributed by atoms with van der Waals surface area (Å²) in [5.41, 5.74) is 2.43. The molecule has 2 heterocycles. The van der Waals surface area contributed by atoms with Crippen molar-refractivity contribution in [3.05, 3.63) is 29.8 Å². The zero-order chi connectivity index (χ0) is 12.7. The number of rotatable bonds is 1. The van der Waals surface area contributed by atoms with E-state index in [1.165, 1.54) is 5.56 Å². The van der Waals surface area contributed by atoms with Crippen molar-refractivity contribution in [1.82, 2.24) is 4.90 Å². The first kappa shape index (κ1) is 11.7. The van der Waals surface area contributed by atoms with Gasteiger partial charge in [-0.2, -0.15) is 0 Å². The summed E-state index contributed by atoms with van der Waals surface area (Å²) in [4.78, 5) is 16.9. The molecule has 1 saturated heterocycles. The number of benzene rings is 1. The van der Waals surface area contributed by atoms with E-state index in [1.807, 2.05) is 11.0 Å². The first-order valence-electron chi connectivity index (χ1n) is 6.79. The van der Waals surface area contributed by atoms with Gasteiger partial charge in [0.2, 0.25) is 5.91 Å². The Hall–Kier alpha value is -1.35. The molecule has 2 aliphatic heterocycles. The molecule has 3 heteroatoms. The van der Waals surface area contributed by atoms with Crippen LogP contribution < -0.4 is 4.90 Å². The van der Waals surface area contributed by atoms with E-state index < -0.39 is 0 Å². The van der Waals surface area contributed by atoms with Crippen molar-refractivity contribution >= 4 is 11.6 Å². The van der Waals surface area contributed by atoms with Gasteiger partial charge in [-0.15, -0.1) is 0 Å². The van der Waals surface area contributed by atoms with Gasteiger partial charge in [0.25, 0.3) is 0 Å². The number of carbonyl (C=O) groups is 1. The van der Waals surface area contributed by atoms with E-state index >= 15 is 0 Å². The Morgan fingerprint density at radius 3 is 2.83 bits per heavy atom. The van der Waals surface area contributed by atoms with Gasteiger partial charge in [-0.05, 0) is 51.4 Å². The number of nitrogens with zero attached hydrogens (tertiary/aromatic N) is 2. The summed E-state index contributed by atoms with van der Waals surface area (Å²) in [6.07, 6.45) is 3.12. The minimum absolute atomic E-state index is 0.0820. The van der Waals surface area contributed by atoms with Crippen LogP contribution in [0.3, 0.4) is 0 Å². The van der Waals surface area contributed by atoms with Crippen LogP contribution in [0, 0.1) is 0 Å². The predicted molar refractivity (Wildman–Crippen MR) is 72.7 cm³/mol. The standard InChI is InChI=1S/C15H20N2O/c1-11-10-12-6-3-4-7-13(12)17(11)15(18)14-8-5-9-16(14)2/h3-4,6-7,11,14H,5,8-10H2,1-2H3. The van der Waals surface area contributed by atoms with Gasteiger partial charge in [0.05, 0.1) is 6.04 Å². The van der Waals surface area contributed by atoms with E-state index in [9.17, 15) is 4.79 Å². The molecule has 0 bridgehead atoms. The number of fused-ring (bicyclic) bond motifs is 1. The van der Waals surface area contributed by atoms with Gasteiger partial charge in [0.1, 0.15) is 0 Å². The van der Waals surface area contributed by atoms with Gasteiger partial charge in [0, 0.05) is 11.7 Å². The van der Waals surface area contributed by atoms with Crippen LogP contribution in [0.1, 0.15) is 25.3 Å². The second-order valence-electron chi connectivity index (χ2n) is 5.53. The molecule has 1 fully saturated rings. The predicted octanol–water partition coefficient (Wildman–Crippen LogP) is 2.06. The van der Waals surface area contributed by atoms with Gasteiger partial charge < -0.3 is 4.90 Å². The van der Waals surface area contributed by atoms with Crippen LogP contribution in [0.4, 0.5) is 5.69 Å². The maximum Gasteiger partial charge on any atom is 0.244 e. The molecule has 0 spiro atoms. The maximum atomic E-state index is 12.7. The van der Waals surface area contributed by atoms with Gasteiger partial charge in [-0.25, -0.2) is 0 Å². The van der Waals surface area contributed by atoms with Crippen molar-refractivity contribution in [2.75, 3.05) is 18.5 Å². The third-order valence-corrected chi connectivity index (χ3v) is 4.25. The minimum atomic E-state index is 0.0820. The number of anilines is 1. The number of hydrogen-bond donors (Lipinski definition) is 0. The first-order chi connectivity index (χ1) is 8.68. The number of para-hydroxylation sites is 1. The SMILES string of the molecule is CC1Cc2ccccc2N1C(=O)C1CCCN1C. The van der Waals surface area contributed by atoms with E-state index in [4.69, 9.17) is 0 Å². The molecule has 3 rings (SSSR count). The summed E-state index contributed by atoms with van der Waals surface area (Å²) in [7, 11) is 2.06. The Morgan fingerprint density at radius 2 is 2.11 bits per heavy atom. The molecule has 1 amide bonds. The van der Waals surface area contributed by atoms with E-state index in [1.54, 1.807) is 0 Å². The third-order valence-electron chi connectivity index (χ3n) is 4.25. The largest absolute Gasteiger partial charge is 0.308 e. The van der Waals surface area contributed by atoms with E-state index in [-0.39, 0.29) is 11.9 Å². The third kappa shape index (κ3) is 1.74. The second kappa shape index (κ2) is 4.39. The van der Waals surface area contributed by atoms with Crippen molar-refractivity contribution in [2.24, 2.45) is 0 Å². The van der Waals surface area contributed by atoms with Gasteiger partial charge in [-0.3, -0.25) is 9.69 Å². The molecule has 18 heavy (non-hydrogen) atoms. The molecule has 0 saturated carbocycles. The molecular weight excluding hydrogens is 224 g/mol. The average Bonchev–Trinajstić information content (AvgIpc) is 2.91. The fourth-order valence-electron chi connectivity index (χ4n) is 3.28. The molecule has 0 aliphatic carbocycles. The van der Waals surface area contributed by atoms with E-state index in [0.717, 1.165) is 31.5 Å². The highest BCUT2D eigenvalue weighted by molar-refractivity contribution is 5.99. The number of likely N-dealkylation sites (tertiary alicyclic amines) is 1. The van der Waals surface area contributed by atoms with Crippen LogP contribution in [-0.2, 0) is 11.2 Å². The molecule has 3 nitrogen and oxygen atoms in total. The lowest BCUT2D eigenvalue weighted by Crippen LogP contribution is -2.46. The van der Waals surface area contributed by atoms with Gasteiger partial charge in [0.15, 0.2) is 0 Å². The fraction of sp³-hybridized carbons (Fsp3) is 0.533. The maximum absolute atomic E-state index is 12.7. The summed E-state index contributed by atoms with van der Waals surface area (Å²) < 4.78 is 0. The quantitative estimate of drug-likeness (QED) is 0.755. The molecule has 96 valence electrons. The zero-order valence-electron chi connectivity index (χ0n) is 11.1. The van der Waals surface area contributed by atoms with Gasteiger partial charge in [-0.1, -0.05) is 18.2 Å². The van der Waals surface area contributed by atoms with Crippen LogP contribution in [0.25, 0.3) is 0 Å². The monoisotopic (exact) mass is 244 g/mol. The lowest BCUT2D eigenvalue weighted by Gasteiger charge is -2.28. The van der Waals surface area contributed by atoms with Crippen molar-refractivity contribution in [1.29, 1.82) is 0 Å². The van der Waals surface area contributed by atoms with Crippen LogP contribution >= 0.6 is 0 Å². The number of carbonyl (C=O) groups excluding carboxylic acids is 1. The number of hydrogen-bond acceptors (Lipinski definition) is 2. The molecule has 2 aliphatic rings. The Kier molecular flexibility index (Phi) is 2.86. The Morgan fingerprint density at radius 1 is 1.33 bits per heavy atom. The van der Waals surface area contributed by atoms with Crippen molar-refractivity contribution in [3.8, 4) is 0 Å². The molecule has 1 aromatic carbocycles. The number of likely N-dealkylation sites (N-methyl/N-ethyl adjacent to an activating group) is 1. The van der Waals surface area contributed by atoms with Crippen LogP contribution in [0.2, 0.25) is 0 Å². The Bertz CT molecular complexity index is 471. The Labute approximate surface area is 108 Å². The van der Waals surface area contributed by atoms with Crippen LogP contribution in [0.5, 0.6) is 0 Å². The van der Waals surface area contributed by atoms with Gasteiger partial charge >= 0.3 is 0 Å². The van der Waals surface area contributed by atoms with Crippen molar-refractivity contribution in [2.45, 2.75) is 38.3 Å². The molecule has 0 N–H and O–H groups in total. The molecule has 0 aromatic heterocycles. The molecule has 2 unspecified atom stereocenters.